The van der Waals surface area contributed by atoms with Gasteiger partial charge in [-0.25, -0.2) is 4.68 Å². The van der Waals surface area contributed by atoms with Crippen LogP contribution in [0.1, 0.15) is 44.7 Å². The van der Waals surface area contributed by atoms with Gasteiger partial charge in [0, 0.05) is 13.0 Å². The van der Waals surface area contributed by atoms with Crippen molar-refractivity contribution in [1.82, 2.24) is 25.5 Å². The van der Waals surface area contributed by atoms with Crippen molar-refractivity contribution in [3.8, 4) is 11.5 Å². The maximum atomic E-state index is 12.7. The van der Waals surface area contributed by atoms with Gasteiger partial charge < -0.3 is 19.5 Å². The van der Waals surface area contributed by atoms with Gasteiger partial charge in [0.2, 0.25) is 11.1 Å². The Balaban J connectivity index is 1.36. The Bertz CT molecular complexity index is 884. The molecule has 1 aromatic carbocycles. The molecule has 3 heterocycles. The average molecular weight is 448 g/mol. The number of carbonyl (C=O) groups is 1. The van der Waals surface area contributed by atoms with Gasteiger partial charge in [0.1, 0.15) is 0 Å². The van der Waals surface area contributed by atoms with Crippen molar-refractivity contribution in [2.75, 3.05) is 25.6 Å². The summed E-state index contributed by atoms with van der Waals surface area (Å²) in [5.41, 5.74) is 1.00. The van der Waals surface area contributed by atoms with Gasteiger partial charge in [0.15, 0.2) is 11.5 Å². The van der Waals surface area contributed by atoms with Crippen LogP contribution in [-0.4, -0.2) is 57.8 Å². The first-order valence-electron chi connectivity index (χ1n) is 10.8. The van der Waals surface area contributed by atoms with E-state index in [-0.39, 0.29) is 29.7 Å². The van der Waals surface area contributed by atoms with Crippen LogP contribution in [0.4, 0.5) is 0 Å². The fraction of sp³-hybridized carbons (Fsp3) is 0.619. The summed E-state index contributed by atoms with van der Waals surface area (Å²) in [4.78, 5) is 12.7. The highest BCUT2D eigenvalue weighted by Gasteiger charge is 2.23. The van der Waals surface area contributed by atoms with E-state index >= 15 is 0 Å². The molecule has 0 spiro atoms. The Hall–Kier alpha value is -2.33. The predicted octanol–water partition coefficient (Wildman–Crippen LogP) is 2.62. The SMILES string of the molecule is CC(C)[C@@H](NC(=O)CSc1nnnn1C[C@@H]1CCCO1)c1ccc2c(c1)OCCCO2. The zero-order chi connectivity index (χ0) is 21.6. The minimum atomic E-state index is -0.131. The zero-order valence-corrected chi connectivity index (χ0v) is 18.8. The van der Waals surface area contributed by atoms with Crippen LogP contribution < -0.4 is 14.8 Å². The van der Waals surface area contributed by atoms with Crippen LogP contribution in [0, 0.1) is 5.92 Å². The van der Waals surface area contributed by atoms with Gasteiger partial charge in [0.05, 0.1) is 37.7 Å². The summed E-state index contributed by atoms with van der Waals surface area (Å²) in [5, 5.41) is 15.6. The van der Waals surface area contributed by atoms with Gasteiger partial charge in [-0.2, -0.15) is 0 Å². The van der Waals surface area contributed by atoms with Crippen LogP contribution in [0.2, 0.25) is 0 Å². The third-order valence-corrected chi connectivity index (χ3v) is 6.30. The topological polar surface area (TPSA) is 100 Å². The Morgan fingerprint density at radius 1 is 1.23 bits per heavy atom. The zero-order valence-electron chi connectivity index (χ0n) is 18.0. The summed E-state index contributed by atoms with van der Waals surface area (Å²) in [7, 11) is 0. The number of fused-ring (bicyclic) bond motifs is 1. The first kappa shape index (κ1) is 21.9. The molecule has 1 fully saturated rings. The highest BCUT2D eigenvalue weighted by Crippen LogP contribution is 2.34. The first-order valence-corrected chi connectivity index (χ1v) is 11.8. The molecule has 0 bridgehead atoms. The molecule has 1 amide bonds. The van der Waals surface area contributed by atoms with Gasteiger partial charge in [-0.05, 0) is 46.9 Å². The standard InChI is InChI=1S/C21H29N5O4S/c1-14(2)20(15-6-7-17-18(11-15)30-10-4-9-29-17)22-19(27)13-31-21-23-24-25-26(21)12-16-5-3-8-28-16/h6-7,11,14,16,20H,3-5,8-10,12-13H2,1-2H3,(H,22,27)/t16-,20+/m0/s1. The third kappa shape index (κ3) is 5.68. The molecule has 2 aliphatic rings. The van der Waals surface area contributed by atoms with E-state index in [2.05, 4.69) is 34.7 Å². The van der Waals surface area contributed by atoms with Crippen molar-refractivity contribution in [3.05, 3.63) is 23.8 Å². The molecule has 0 radical (unpaired) electrons. The molecule has 10 heteroatoms. The first-order chi connectivity index (χ1) is 15.1. The maximum absolute atomic E-state index is 12.7. The second-order valence-electron chi connectivity index (χ2n) is 8.11. The molecular weight excluding hydrogens is 418 g/mol. The number of benzene rings is 1. The molecular formula is C21H29N5O4S. The van der Waals surface area contributed by atoms with Gasteiger partial charge in [0.25, 0.3) is 0 Å². The summed E-state index contributed by atoms with van der Waals surface area (Å²) in [6.45, 7) is 6.86. The minimum Gasteiger partial charge on any atom is -0.490 e. The molecule has 1 aromatic heterocycles. The van der Waals surface area contributed by atoms with Crippen LogP contribution in [0.5, 0.6) is 11.5 Å². The molecule has 0 saturated carbocycles. The second-order valence-corrected chi connectivity index (χ2v) is 9.06. The van der Waals surface area contributed by atoms with Crippen molar-refractivity contribution in [3.63, 3.8) is 0 Å². The largest absolute Gasteiger partial charge is 0.490 e. The van der Waals surface area contributed by atoms with E-state index in [1.807, 2.05) is 18.2 Å². The number of hydrogen-bond donors (Lipinski definition) is 1. The van der Waals surface area contributed by atoms with E-state index < -0.39 is 0 Å². The van der Waals surface area contributed by atoms with Gasteiger partial charge in [-0.3, -0.25) is 4.79 Å². The number of thioether (sulfide) groups is 1. The number of aromatic nitrogens is 4. The lowest BCUT2D eigenvalue weighted by Crippen LogP contribution is -2.33. The highest BCUT2D eigenvalue weighted by atomic mass is 32.2. The fourth-order valence-corrected chi connectivity index (χ4v) is 4.45. The molecule has 0 aliphatic carbocycles. The third-order valence-electron chi connectivity index (χ3n) is 5.35. The number of hydrogen-bond acceptors (Lipinski definition) is 8. The number of amides is 1. The van der Waals surface area contributed by atoms with Crippen molar-refractivity contribution < 1.29 is 19.0 Å². The van der Waals surface area contributed by atoms with Gasteiger partial charge in [-0.1, -0.05) is 31.7 Å². The molecule has 9 nitrogen and oxygen atoms in total. The van der Waals surface area contributed by atoms with Crippen LogP contribution in [-0.2, 0) is 16.1 Å². The summed E-state index contributed by atoms with van der Waals surface area (Å²) in [6, 6.07) is 5.76. The number of ether oxygens (including phenoxy) is 3. The summed E-state index contributed by atoms with van der Waals surface area (Å²) in [6.07, 6.45) is 3.07. The lowest BCUT2D eigenvalue weighted by Gasteiger charge is -2.24. The Labute approximate surface area is 186 Å². The van der Waals surface area contributed by atoms with Gasteiger partial charge in [-0.15, -0.1) is 5.10 Å². The summed E-state index contributed by atoms with van der Waals surface area (Å²) < 4.78 is 18.9. The van der Waals surface area contributed by atoms with E-state index in [1.54, 1.807) is 4.68 Å². The summed E-state index contributed by atoms with van der Waals surface area (Å²) >= 11 is 1.33. The monoisotopic (exact) mass is 447 g/mol. The van der Waals surface area contributed by atoms with Crippen LogP contribution >= 0.6 is 11.8 Å². The fourth-order valence-electron chi connectivity index (χ4n) is 3.75. The maximum Gasteiger partial charge on any atom is 0.230 e. The lowest BCUT2D eigenvalue weighted by molar-refractivity contribution is -0.119. The number of rotatable bonds is 8. The lowest BCUT2D eigenvalue weighted by atomic mass is 9.95. The Morgan fingerprint density at radius 2 is 2.06 bits per heavy atom. The number of nitrogens with zero attached hydrogens (tertiary/aromatic N) is 4. The molecule has 2 aliphatic heterocycles. The predicted molar refractivity (Wildman–Crippen MR) is 115 cm³/mol. The quantitative estimate of drug-likeness (QED) is 0.617. The average Bonchev–Trinajstić information content (AvgIpc) is 3.37. The number of tetrazole rings is 1. The van der Waals surface area contributed by atoms with Crippen molar-refractivity contribution >= 4 is 17.7 Å². The second kappa shape index (κ2) is 10.3. The smallest absolute Gasteiger partial charge is 0.230 e. The Kier molecular flexibility index (Phi) is 7.29. The van der Waals surface area contributed by atoms with E-state index in [9.17, 15) is 4.79 Å². The van der Waals surface area contributed by atoms with E-state index in [0.717, 1.165) is 42.9 Å². The molecule has 4 rings (SSSR count). The molecule has 2 atom stereocenters. The van der Waals surface area contributed by atoms with E-state index in [0.29, 0.717) is 24.9 Å². The van der Waals surface area contributed by atoms with Crippen LogP contribution in [0.3, 0.4) is 0 Å². The van der Waals surface area contributed by atoms with Gasteiger partial charge >= 0.3 is 0 Å². The van der Waals surface area contributed by atoms with Crippen molar-refractivity contribution in [2.45, 2.75) is 57.0 Å². The number of carbonyl (C=O) groups excluding carboxylic acids is 1. The molecule has 1 saturated heterocycles. The van der Waals surface area contributed by atoms with Crippen molar-refractivity contribution in [1.29, 1.82) is 0 Å². The molecule has 168 valence electrons. The molecule has 1 N–H and O–H groups in total. The van der Waals surface area contributed by atoms with E-state index in [1.165, 1.54) is 11.8 Å². The van der Waals surface area contributed by atoms with Crippen molar-refractivity contribution in [2.24, 2.45) is 5.92 Å². The normalized spacial score (nSPS) is 19.3. The minimum absolute atomic E-state index is 0.0672. The van der Waals surface area contributed by atoms with Crippen LogP contribution in [0.15, 0.2) is 23.4 Å². The molecule has 2 aromatic rings. The highest BCUT2D eigenvalue weighted by molar-refractivity contribution is 7.99. The molecule has 31 heavy (non-hydrogen) atoms. The van der Waals surface area contributed by atoms with Crippen LogP contribution in [0.25, 0.3) is 0 Å². The number of nitrogens with one attached hydrogen (secondary N) is 1. The molecule has 0 unspecified atom stereocenters. The van der Waals surface area contributed by atoms with E-state index in [4.69, 9.17) is 14.2 Å². The summed E-state index contributed by atoms with van der Waals surface area (Å²) in [5.74, 6) is 1.87. The Morgan fingerprint density at radius 3 is 2.84 bits per heavy atom.